The van der Waals surface area contributed by atoms with Crippen molar-refractivity contribution in [3.8, 4) is 0 Å². The molecule has 0 aliphatic carbocycles. The SMILES string of the molecule is F[C@@H]1NCC1Br. The highest BCUT2D eigenvalue weighted by molar-refractivity contribution is 9.09. The molecule has 0 radical (unpaired) electrons. The quantitative estimate of drug-likeness (QED) is 0.399. The molecule has 1 rings (SSSR count). The van der Waals surface area contributed by atoms with Crippen LogP contribution in [0.25, 0.3) is 0 Å². The maximum Gasteiger partial charge on any atom is 0.165 e. The van der Waals surface area contributed by atoms with Gasteiger partial charge < -0.3 is 0 Å². The summed E-state index contributed by atoms with van der Waals surface area (Å²) in [5.74, 6) is 0. The first-order valence-corrected chi connectivity index (χ1v) is 2.74. The molecule has 0 aromatic carbocycles. The van der Waals surface area contributed by atoms with Crippen molar-refractivity contribution >= 4 is 15.9 Å². The molecule has 1 N–H and O–H groups in total. The van der Waals surface area contributed by atoms with Gasteiger partial charge in [0.05, 0.1) is 4.83 Å². The van der Waals surface area contributed by atoms with Crippen molar-refractivity contribution in [1.82, 2.24) is 5.32 Å². The van der Waals surface area contributed by atoms with Gasteiger partial charge >= 0.3 is 0 Å². The molecular weight excluding hydrogens is 149 g/mol. The molecule has 2 atom stereocenters. The zero-order valence-corrected chi connectivity index (χ0v) is 4.70. The Morgan fingerprint density at radius 3 is 2.33 bits per heavy atom. The molecule has 1 nitrogen and oxygen atoms in total. The van der Waals surface area contributed by atoms with Gasteiger partial charge in [-0.25, -0.2) is 4.39 Å². The summed E-state index contributed by atoms with van der Waals surface area (Å²) in [6.07, 6.45) is -0.801. The highest BCUT2D eigenvalue weighted by Gasteiger charge is 2.26. The molecule has 0 spiro atoms. The molecule has 1 unspecified atom stereocenters. The second-order valence-corrected chi connectivity index (χ2v) is 2.50. The van der Waals surface area contributed by atoms with Crippen LogP contribution in [0.5, 0.6) is 0 Å². The molecule has 0 saturated carbocycles. The van der Waals surface area contributed by atoms with Gasteiger partial charge in [0, 0.05) is 6.54 Å². The lowest BCUT2D eigenvalue weighted by molar-refractivity contribution is 0.198. The molecule has 1 aliphatic rings. The van der Waals surface area contributed by atoms with Crippen LogP contribution in [0.4, 0.5) is 4.39 Å². The number of hydrogen-bond donors (Lipinski definition) is 1. The summed E-state index contributed by atoms with van der Waals surface area (Å²) in [7, 11) is 0. The molecule has 1 heterocycles. The first-order chi connectivity index (χ1) is 2.80. The average Bonchev–Trinajstić information content (AvgIpc) is 1.61. The zero-order chi connectivity index (χ0) is 4.57. The van der Waals surface area contributed by atoms with Gasteiger partial charge in [0.1, 0.15) is 0 Å². The predicted molar refractivity (Wildman–Crippen MR) is 25.6 cm³/mol. The second-order valence-electron chi connectivity index (χ2n) is 1.33. The molecular formula is C3H5BrFN. The van der Waals surface area contributed by atoms with Crippen LogP contribution in [0.2, 0.25) is 0 Å². The van der Waals surface area contributed by atoms with Crippen LogP contribution >= 0.6 is 15.9 Å². The van der Waals surface area contributed by atoms with Gasteiger partial charge in [-0.05, 0) is 0 Å². The third-order valence-corrected chi connectivity index (χ3v) is 1.61. The number of hydrogen-bond acceptors (Lipinski definition) is 1. The third-order valence-electron chi connectivity index (χ3n) is 0.825. The Balaban J connectivity index is 2.20. The van der Waals surface area contributed by atoms with Gasteiger partial charge in [-0.2, -0.15) is 0 Å². The zero-order valence-electron chi connectivity index (χ0n) is 3.12. The topological polar surface area (TPSA) is 12.0 Å². The highest BCUT2D eigenvalue weighted by Crippen LogP contribution is 2.13. The van der Waals surface area contributed by atoms with E-state index in [-0.39, 0.29) is 4.83 Å². The van der Waals surface area contributed by atoms with E-state index in [1.165, 1.54) is 0 Å². The summed E-state index contributed by atoms with van der Waals surface area (Å²) in [5, 5.41) is 2.54. The fourth-order valence-electron chi connectivity index (χ4n) is 0.296. The van der Waals surface area contributed by atoms with Crippen LogP contribution in [-0.2, 0) is 0 Å². The summed E-state index contributed by atoms with van der Waals surface area (Å²) >= 11 is 3.09. The van der Waals surface area contributed by atoms with E-state index in [1.807, 2.05) is 0 Å². The van der Waals surface area contributed by atoms with E-state index in [0.717, 1.165) is 6.54 Å². The molecule has 6 heavy (non-hydrogen) atoms. The maximum atomic E-state index is 11.8. The lowest BCUT2D eigenvalue weighted by Crippen LogP contribution is -2.50. The van der Waals surface area contributed by atoms with E-state index < -0.39 is 6.30 Å². The van der Waals surface area contributed by atoms with E-state index in [4.69, 9.17) is 0 Å². The Kier molecular flexibility index (Phi) is 1.10. The largest absolute Gasteiger partial charge is 0.286 e. The van der Waals surface area contributed by atoms with Gasteiger partial charge in [0.25, 0.3) is 0 Å². The van der Waals surface area contributed by atoms with Gasteiger partial charge in [0.2, 0.25) is 0 Å². The van der Waals surface area contributed by atoms with Gasteiger partial charge in [-0.1, -0.05) is 15.9 Å². The summed E-state index contributed by atoms with van der Waals surface area (Å²) in [5.41, 5.74) is 0. The molecule has 1 saturated heterocycles. The Morgan fingerprint density at radius 2 is 2.33 bits per heavy atom. The minimum absolute atomic E-state index is 0.0671. The van der Waals surface area contributed by atoms with Crippen molar-refractivity contribution in [2.75, 3.05) is 6.54 Å². The number of rotatable bonds is 0. The van der Waals surface area contributed by atoms with Gasteiger partial charge in [-0.15, -0.1) is 0 Å². The standard InChI is InChI=1S/C3H5BrFN/c4-2-1-6-3(2)5/h2-3,6H,1H2/t2?,3-/m1/s1. The van der Waals surface area contributed by atoms with Gasteiger partial charge in [-0.3, -0.25) is 5.32 Å². The lowest BCUT2D eigenvalue weighted by atomic mass is 10.3. The fourth-order valence-corrected chi connectivity index (χ4v) is 0.670. The minimum atomic E-state index is -0.801. The fraction of sp³-hybridized carbons (Fsp3) is 1.00. The molecule has 3 heteroatoms. The molecule has 1 fully saturated rings. The van der Waals surface area contributed by atoms with Gasteiger partial charge in [0.15, 0.2) is 6.30 Å². The Labute approximate surface area is 44.0 Å². The summed E-state index contributed by atoms with van der Waals surface area (Å²) in [6, 6.07) is 0. The van der Waals surface area contributed by atoms with Crippen LogP contribution in [0.1, 0.15) is 0 Å². The maximum absolute atomic E-state index is 11.8. The summed E-state index contributed by atoms with van der Waals surface area (Å²) < 4.78 is 11.8. The summed E-state index contributed by atoms with van der Waals surface area (Å²) in [6.45, 7) is 0.765. The number of nitrogens with one attached hydrogen (secondary N) is 1. The van der Waals surface area contributed by atoms with E-state index in [9.17, 15) is 4.39 Å². The second kappa shape index (κ2) is 1.46. The normalized spacial score (nSPS) is 45.0. The van der Waals surface area contributed by atoms with Crippen molar-refractivity contribution in [2.24, 2.45) is 0 Å². The third kappa shape index (κ3) is 0.565. The monoisotopic (exact) mass is 153 g/mol. The highest BCUT2D eigenvalue weighted by atomic mass is 79.9. The van der Waals surface area contributed by atoms with Crippen molar-refractivity contribution in [1.29, 1.82) is 0 Å². The molecule has 0 bridgehead atoms. The Bertz CT molecular complexity index is 50.8. The van der Waals surface area contributed by atoms with Crippen molar-refractivity contribution in [2.45, 2.75) is 11.1 Å². The van der Waals surface area contributed by atoms with Crippen LogP contribution in [-0.4, -0.2) is 17.7 Å². The minimum Gasteiger partial charge on any atom is -0.286 e. The van der Waals surface area contributed by atoms with Crippen LogP contribution < -0.4 is 5.32 Å². The van der Waals surface area contributed by atoms with Crippen LogP contribution in [0.3, 0.4) is 0 Å². The average molecular weight is 154 g/mol. The van der Waals surface area contributed by atoms with Crippen molar-refractivity contribution in [3.63, 3.8) is 0 Å². The van der Waals surface area contributed by atoms with E-state index in [0.29, 0.717) is 0 Å². The Morgan fingerprint density at radius 1 is 1.83 bits per heavy atom. The molecule has 36 valence electrons. The molecule has 0 aromatic rings. The first-order valence-electron chi connectivity index (χ1n) is 1.82. The molecule has 0 aromatic heterocycles. The van der Waals surface area contributed by atoms with Crippen LogP contribution in [0.15, 0.2) is 0 Å². The van der Waals surface area contributed by atoms with E-state index in [2.05, 4.69) is 21.2 Å². The number of alkyl halides is 2. The Hall–Kier alpha value is 0.370. The van der Waals surface area contributed by atoms with Crippen molar-refractivity contribution in [3.05, 3.63) is 0 Å². The smallest absolute Gasteiger partial charge is 0.165 e. The lowest BCUT2D eigenvalue weighted by Gasteiger charge is -2.26. The number of halogens is 2. The first kappa shape index (κ1) is 4.53. The summed E-state index contributed by atoms with van der Waals surface area (Å²) in [4.78, 5) is 0.0671. The van der Waals surface area contributed by atoms with Crippen LogP contribution in [0, 0.1) is 0 Å². The van der Waals surface area contributed by atoms with E-state index in [1.54, 1.807) is 0 Å². The predicted octanol–water partition coefficient (Wildman–Crippen LogP) is 0.649. The molecule has 1 aliphatic heterocycles. The van der Waals surface area contributed by atoms with Crippen molar-refractivity contribution < 1.29 is 4.39 Å². The van der Waals surface area contributed by atoms with E-state index >= 15 is 0 Å². The molecule has 0 amide bonds.